The van der Waals surface area contributed by atoms with Crippen LogP contribution in [0.3, 0.4) is 0 Å². The van der Waals surface area contributed by atoms with Gasteiger partial charge in [-0.2, -0.15) is 5.10 Å². The first-order valence-electron chi connectivity index (χ1n) is 7.21. The van der Waals surface area contributed by atoms with Gasteiger partial charge in [-0.15, -0.1) is 24.0 Å². The van der Waals surface area contributed by atoms with E-state index in [-0.39, 0.29) is 24.0 Å². The molecule has 0 aliphatic carbocycles. The van der Waals surface area contributed by atoms with Crippen molar-refractivity contribution >= 4 is 41.5 Å². The lowest BCUT2D eigenvalue weighted by Crippen LogP contribution is -2.38. The van der Waals surface area contributed by atoms with Crippen LogP contribution in [0.5, 0.6) is 0 Å². The van der Waals surface area contributed by atoms with E-state index in [1.165, 1.54) is 11.9 Å². The minimum atomic E-state index is 0. The molecule has 0 atom stereocenters. The van der Waals surface area contributed by atoms with E-state index < -0.39 is 0 Å². The standard InChI is InChI=1S/C15H21ClN6.HI/c1-17-15(19-10-14-20-11-21-22(14)2)18-9-5-7-12-6-3-4-8-13(12)16;/h3-4,6,8,11H,5,7,9-10H2,1-2H3,(H2,17,18,19);1H. The summed E-state index contributed by atoms with van der Waals surface area (Å²) >= 11 is 6.14. The van der Waals surface area contributed by atoms with Gasteiger partial charge in [0.1, 0.15) is 12.2 Å². The molecule has 6 nitrogen and oxygen atoms in total. The van der Waals surface area contributed by atoms with E-state index >= 15 is 0 Å². The van der Waals surface area contributed by atoms with Gasteiger partial charge < -0.3 is 10.6 Å². The summed E-state index contributed by atoms with van der Waals surface area (Å²) in [6, 6.07) is 7.94. The number of benzene rings is 1. The molecule has 0 bridgehead atoms. The number of aliphatic imine (C=N–C) groups is 1. The summed E-state index contributed by atoms with van der Waals surface area (Å²) in [6.07, 6.45) is 3.46. The molecule has 0 unspecified atom stereocenters. The van der Waals surface area contributed by atoms with Crippen molar-refractivity contribution in [3.63, 3.8) is 0 Å². The van der Waals surface area contributed by atoms with Gasteiger partial charge in [0.2, 0.25) is 0 Å². The number of nitrogens with one attached hydrogen (secondary N) is 2. The number of guanidine groups is 1. The summed E-state index contributed by atoms with van der Waals surface area (Å²) < 4.78 is 1.73. The van der Waals surface area contributed by atoms with Crippen LogP contribution >= 0.6 is 35.6 Å². The third-order valence-corrected chi connectivity index (χ3v) is 3.68. The Hall–Kier alpha value is -1.35. The minimum Gasteiger partial charge on any atom is -0.356 e. The van der Waals surface area contributed by atoms with Crippen LogP contribution in [0.25, 0.3) is 0 Å². The van der Waals surface area contributed by atoms with E-state index in [2.05, 4.69) is 31.8 Å². The third-order valence-electron chi connectivity index (χ3n) is 3.32. The van der Waals surface area contributed by atoms with Crippen LogP contribution in [-0.4, -0.2) is 34.3 Å². The number of aryl methyl sites for hydroxylation is 2. The Morgan fingerprint density at radius 3 is 2.74 bits per heavy atom. The predicted octanol–water partition coefficient (Wildman–Crippen LogP) is 2.38. The van der Waals surface area contributed by atoms with Gasteiger partial charge >= 0.3 is 0 Å². The van der Waals surface area contributed by atoms with E-state index in [0.29, 0.717) is 6.54 Å². The van der Waals surface area contributed by atoms with Gasteiger partial charge in [-0.25, -0.2) is 4.98 Å². The smallest absolute Gasteiger partial charge is 0.191 e. The summed E-state index contributed by atoms with van der Waals surface area (Å²) in [7, 11) is 3.61. The number of hydrogen-bond donors (Lipinski definition) is 2. The van der Waals surface area contributed by atoms with E-state index in [4.69, 9.17) is 11.6 Å². The molecule has 0 saturated carbocycles. The highest BCUT2D eigenvalue weighted by molar-refractivity contribution is 14.0. The zero-order valence-electron chi connectivity index (χ0n) is 13.3. The molecule has 23 heavy (non-hydrogen) atoms. The lowest BCUT2D eigenvalue weighted by Gasteiger charge is -2.11. The highest BCUT2D eigenvalue weighted by Gasteiger charge is 2.03. The highest BCUT2D eigenvalue weighted by atomic mass is 127. The minimum absolute atomic E-state index is 0. The van der Waals surface area contributed by atoms with Crippen molar-refractivity contribution in [2.45, 2.75) is 19.4 Å². The largest absolute Gasteiger partial charge is 0.356 e. The molecule has 0 amide bonds. The molecular weight excluding hydrogens is 427 g/mol. The second-order valence-corrected chi connectivity index (χ2v) is 5.25. The first kappa shape index (κ1) is 19.7. The van der Waals surface area contributed by atoms with Crippen molar-refractivity contribution in [1.82, 2.24) is 25.4 Å². The summed E-state index contributed by atoms with van der Waals surface area (Å²) in [5.74, 6) is 1.61. The lowest BCUT2D eigenvalue weighted by molar-refractivity contribution is 0.669. The quantitative estimate of drug-likeness (QED) is 0.308. The van der Waals surface area contributed by atoms with Gasteiger partial charge in [0.15, 0.2) is 5.96 Å². The molecule has 0 aliphatic heterocycles. The van der Waals surface area contributed by atoms with Crippen LogP contribution < -0.4 is 10.6 Å². The first-order valence-corrected chi connectivity index (χ1v) is 7.59. The fourth-order valence-electron chi connectivity index (χ4n) is 2.05. The van der Waals surface area contributed by atoms with E-state index in [9.17, 15) is 0 Å². The van der Waals surface area contributed by atoms with Crippen LogP contribution in [0.4, 0.5) is 0 Å². The molecule has 2 N–H and O–H groups in total. The molecule has 0 saturated heterocycles. The number of rotatable bonds is 6. The number of hydrogen-bond acceptors (Lipinski definition) is 3. The summed E-state index contributed by atoms with van der Waals surface area (Å²) in [5.41, 5.74) is 1.17. The molecule has 2 rings (SSSR count). The van der Waals surface area contributed by atoms with Gasteiger partial charge in [0, 0.05) is 25.7 Å². The maximum absolute atomic E-state index is 6.14. The normalized spacial score (nSPS) is 11.0. The van der Waals surface area contributed by atoms with Gasteiger partial charge in [-0.3, -0.25) is 9.67 Å². The molecule has 0 radical (unpaired) electrons. The van der Waals surface area contributed by atoms with E-state index in [0.717, 1.165) is 36.2 Å². The predicted molar refractivity (Wildman–Crippen MR) is 104 cm³/mol. The van der Waals surface area contributed by atoms with Crippen LogP contribution in [0, 0.1) is 0 Å². The van der Waals surface area contributed by atoms with E-state index in [1.807, 2.05) is 25.2 Å². The molecule has 1 aromatic heterocycles. The second-order valence-electron chi connectivity index (χ2n) is 4.85. The zero-order valence-corrected chi connectivity index (χ0v) is 16.4. The highest BCUT2D eigenvalue weighted by Crippen LogP contribution is 2.16. The molecule has 126 valence electrons. The Labute approximate surface area is 158 Å². The topological polar surface area (TPSA) is 67.1 Å². The average molecular weight is 449 g/mol. The van der Waals surface area contributed by atoms with Crippen molar-refractivity contribution in [2.75, 3.05) is 13.6 Å². The monoisotopic (exact) mass is 448 g/mol. The Morgan fingerprint density at radius 2 is 2.09 bits per heavy atom. The second kappa shape index (κ2) is 10.4. The number of halogens is 2. The van der Waals surface area contributed by atoms with Crippen molar-refractivity contribution < 1.29 is 0 Å². The van der Waals surface area contributed by atoms with Crippen molar-refractivity contribution in [1.29, 1.82) is 0 Å². The van der Waals surface area contributed by atoms with E-state index in [1.54, 1.807) is 11.7 Å². The van der Waals surface area contributed by atoms with Crippen molar-refractivity contribution in [3.05, 3.63) is 47.0 Å². The number of nitrogens with zero attached hydrogens (tertiary/aromatic N) is 4. The maximum atomic E-state index is 6.14. The number of aromatic nitrogens is 3. The maximum Gasteiger partial charge on any atom is 0.191 e. The Bertz CT molecular complexity index is 628. The van der Waals surface area contributed by atoms with Crippen molar-refractivity contribution in [3.8, 4) is 0 Å². The fraction of sp³-hybridized carbons (Fsp3) is 0.400. The molecule has 1 aromatic carbocycles. The molecule has 0 spiro atoms. The van der Waals surface area contributed by atoms with Gasteiger partial charge in [0.25, 0.3) is 0 Å². The van der Waals surface area contributed by atoms with Gasteiger partial charge in [0.05, 0.1) is 6.54 Å². The zero-order chi connectivity index (χ0) is 15.8. The Morgan fingerprint density at radius 1 is 1.30 bits per heavy atom. The van der Waals surface area contributed by atoms with Crippen LogP contribution in [0.1, 0.15) is 17.8 Å². The summed E-state index contributed by atoms with van der Waals surface area (Å²) in [5, 5.41) is 11.3. The molecule has 2 aromatic rings. The van der Waals surface area contributed by atoms with Gasteiger partial charge in [-0.05, 0) is 24.5 Å². The summed E-state index contributed by atoms with van der Waals surface area (Å²) in [4.78, 5) is 8.35. The Balaban J connectivity index is 0.00000264. The lowest BCUT2D eigenvalue weighted by atomic mass is 10.1. The van der Waals surface area contributed by atoms with Gasteiger partial charge in [-0.1, -0.05) is 29.8 Å². The molecular formula is C15H22ClIN6. The van der Waals surface area contributed by atoms with Crippen LogP contribution in [-0.2, 0) is 20.0 Å². The van der Waals surface area contributed by atoms with Crippen molar-refractivity contribution in [2.24, 2.45) is 12.0 Å². The molecule has 0 aliphatic rings. The third kappa shape index (κ3) is 6.34. The van der Waals surface area contributed by atoms with Crippen LogP contribution in [0.2, 0.25) is 5.02 Å². The molecule has 8 heteroatoms. The first-order chi connectivity index (χ1) is 10.7. The van der Waals surface area contributed by atoms with Crippen LogP contribution in [0.15, 0.2) is 35.6 Å². The Kier molecular flexibility index (Phi) is 8.93. The molecule has 0 fully saturated rings. The SMILES string of the molecule is CN=C(NCCCc1ccccc1Cl)NCc1ncnn1C.I. The molecule has 1 heterocycles. The average Bonchev–Trinajstić information content (AvgIpc) is 2.93. The summed E-state index contributed by atoms with van der Waals surface area (Å²) in [6.45, 7) is 1.41. The fourth-order valence-corrected chi connectivity index (χ4v) is 2.28.